The van der Waals surface area contributed by atoms with Crippen molar-refractivity contribution in [3.05, 3.63) is 29.6 Å². The number of carbonyl (C=O) groups is 1. The molecule has 0 aliphatic rings. The zero-order valence-electron chi connectivity index (χ0n) is 10.7. The largest absolute Gasteiger partial charge is 0.494 e. The molecule has 1 unspecified atom stereocenters. The van der Waals surface area contributed by atoms with Crippen molar-refractivity contribution in [2.75, 3.05) is 13.7 Å². The van der Waals surface area contributed by atoms with Crippen molar-refractivity contribution >= 4 is 5.91 Å². The van der Waals surface area contributed by atoms with E-state index in [9.17, 15) is 9.18 Å². The Balaban J connectivity index is 2.47. The Kier molecular flexibility index (Phi) is 5.58. The van der Waals surface area contributed by atoms with Gasteiger partial charge in [-0.15, -0.1) is 0 Å². The van der Waals surface area contributed by atoms with Crippen LogP contribution in [0.2, 0.25) is 0 Å². The van der Waals surface area contributed by atoms with E-state index in [1.54, 1.807) is 6.07 Å². The highest BCUT2D eigenvalue weighted by Crippen LogP contribution is 2.17. The molecule has 0 radical (unpaired) electrons. The van der Waals surface area contributed by atoms with Crippen molar-refractivity contribution < 1.29 is 13.9 Å². The lowest BCUT2D eigenvalue weighted by Gasteiger charge is -2.08. The van der Waals surface area contributed by atoms with E-state index in [1.165, 1.54) is 19.2 Å². The second-order valence-electron chi connectivity index (χ2n) is 4.26. The van der Waals surface area contributed by atoms with E-state index in [0.717, 1.165) is 6.42 Å². The zero-order valence-corrected chi connectivity index (χ0v) is 10.7. The summed E-state index contributed by atoms with van der Waals surface area (Å²) < 4.78 is 18.2. The molecule has 0 aliphatic heterocycles. The van der Waals surface area contributed by atoms with E-state index in [4.69, 9.17) is 10.5 Å². The van der Waals surface area contributed by atoms with Crippen molar-refractivity contribution in [1.82, 2.24) is 5.32 Å². The maximum Gasteiger partial charge on any atom is 0.224 e. The highest BCUT2D eigenvalue weighted by molar-refractivity contribution is 5.78. The third-order valence-corrected chi connectivity index (χ3v) is 2.50. The molecular weight excluding hydrogens is 235 g/mol. The molecule has 0 saturated heterocycles. The van der Waals surface area contributed by atoms with Crippen LogP contribution < -0.4 is 15.8 Å². The molecular formula is C13H19FN2O2. The van der Waals surface area contributed by atoms with E-state index in [-0.39, 0.29) is 24.1 Å². The molecule has 5 heteroatoms. The molecule has 0 fully saturated rings. The van der Waals surface area contributed by atoms with Crippen LogP contribution in [0.4, 0.5) is 4.39 Å². The molecule has 0 spiro atoms. The van der Waals surface area contributed by atoms with E-state index in [2.05, 4.69) is 5.32 Å². The van der Waals surface area contributed by atoms with Crippen LogP contribution in [0.3, 0.4) is 0 Å². The minimum absolute atomic E-state index is 0.0590. The highest BCUT2D eigenvalue weighted by Gasteiger charge is 2.07. The van der Waals surface area contributed by atoms with Crippen molar-refractivity contribution in [2.24, 2.45) is 5.73 Å². The quantitative estimate of drug-likeness (QED) is 0.802. The van der Waals surface area contributed by atoms with Crippen LogP contribution in [0.1, 0.15) is 18.9 Å². The normalized spacial score (nSPS) is 12.0. The van der Waals surface area contributed by atoms with Crippen LogP contribution >= 0.6 is 0 Å². The Morgan fingerprint density at radius 2 is 2.28 bits per heavy atom. The lowest BCUT2D eigenvalue weighted by atomic mass is 10.1. The summed E-state index contributed by atoms with van der Waals surface area (Å²) in [4.78, 5) is 11.6. The van der Waals surface area contributed by atoms with Crippen LogP contribution in [-0.2, 0) is 11.2 Å². The fourth-order valence-electron chi connectivity index (χ4n) is 1.51. The molecule has 0 aromatic heterocycles. The minimum Gasteiger partial charge on any atom is -0.494 e. The van der Waals surface area contributed by atoms with Gasteiger partial charge < -0.3 is 15.8 Å². The van der Waals surface area contributed by atoms with Crippen molar-refractivity contribution in [2.45, 2.75) is 25.8 Å². The summed E-state index contributed by atoms with van der Waals surface area (Å²) in [6, 6.07) is 4.56. The van der Waals surface area contributed by atoms with E-state index >= 15 is 0 Å². The highest BCUT2D eigenvalue weighted by atomic mass is 19.1. The Morgan fingerprint density at radius 1 is 1.56 bits per heavy atom. The molecule has 18 heavy (non-hydrogen) atoms. The van der Waals surface area contributed by atoms with Gasteiger partial charge in [-0.1, -0.05) is 6.07 Å². The first kappa shape index (κ1) is 14.4. The molecule has 1 rings (SSSR count). The zero-order chi connectivity index (χ0) is 13.5. The number of halogens is 1. The van der Waals surface area contributed by atoms with Crippen LogP contribution in [-0.4, -0.2) is 25.6 Å². The monoisotopic (exact) mass is 254 g/mol. The number of benzene rings is 1. The number of amides is 1. The molecule has 4 nitrogen and oxygen atoms in total. The summed E-state index contributed by atoms with van der Waals surface area (Å²) in [7, 11) is 1.40. The fraction of sp³-hybridized carbons (Fsp3) is 0.462. The molecule has 100 valence electrons. The van der Waals surface area contributed by atoms with Gasteiger partial charge >= 0.3 is 0 Å². The summed E-state index contributed by atoms with van der Waals surface area (Å²) in [6.07, 6.45) is 0.878. The number of ether oxygens (including phenoxy) is 1. The third kappa shape index (κ3) is 4.71. The van der Waals surface area contributed by atoms with Crippen molar-refractivity contribution in [1.29, 1.82) is 0 Å². The van der Waals surface area contributed by atoms with Gasteiger partial charge in [0.2, 0.25) is 5.91 Å². The van der Waals surface area contributed by atoms with E-state index < -0.39 is 5.82 Å². The Hall–Kier alpha value is -1.62. The van der Waals surface area contributed by atoms with Gasteiger partial charge in [-0.05, 0) is 31.0 Å². The molecule has 3 N–H and O–H groups in total. The number of rotatable bonds is 6. The summed E-state index contributed by atoms with van der Waals surface area (Å²) >= 11 is 0. The first-order chi connectivity index (χ1) is 8.52. The number of hydrogen-bond donors (Lipinski definition) is 2. The third-order valence-electron chi connectivity index (χ3n) is 2.50. The average Bonchev–Trinajstić information content (AvgIpc) is 2.28. The maximum absolute atomic E-state index is 13.4. The Bertz CT molecular complexity index is 408. The van der Waals surface area contributed by atoms with Gasteiger partial charge in [0.15, 0.2) is 11.6 Å². The van der Waals surface area contributed by atoms with Crippen molar-refractivity contribution in [3.8, 4) is 5.75 Å². The molecule has 1 aromatic rings. The van der Waals surface area contributed by atoms with Crippen molar-refractivity contribution in [3.63, 3.8) is 0 Å². The standard InChI is InChI=1S/C13H19FN2O2/c1-9(15)5-6-16-13(17)8-10-3-4-12(18-2)11(14)7-10/h3-4,7,9H,5-6,8,15H2,1-2H3,(H,16,17). The van der Waals surface area contributed by atoms with Gasteiger partial charge in [0.1, 0.15) is 0 Å². The molecule has 0 heterocycles. The van der Waals surface area contributed by atoms with E-state index in [1.807, 2.05) is 6.92 Å². The summed E-state index contributed by atoms with van der Waals surface area (Å²) in [5, 5.41) is 2.74. The lowest BCUT2D eigenvalue weighted by Crippen LogP contribution is -2.30. The van der Waals surface area contributed by atoms with Gasteiger partial charge in [-0.2, -0.15) is 0 Å². The number of nitrogens with two attached hydrogens (primary N) is 1. The Labute approximate surface area is 106 Å². The fourth-order valence-corrected chi connectivity index (χ4v) is 1.51. The average molecular weight is 254 g/mol. The van der Waals surface area contributed by atoms with Gasteiger partial charge in [0, 0.05) is 12.6 Å². The molecule has 1 atom stereocenters. The van der Waals surface area contributed by atoms with Gasteiger partial charge in [0.25, 0.3) is 0 Å². The topological polar surface area (TPSA) is 64.3 Å². The van der Waals surface area contributed by atoms with Crippen LogP contribution in [0.5, 0.6) is 5.75 Å². The molecule has 1 aromatic carbocycles. The van der Waals surface area contributed by atoms with E-state index in [0.29, 0.717) is 12.1 Å². The van der Waals surface area contributed by atoms with Gasteiger partial charge in [-0.25, -0.2) is 4.39 Å². The number of methoxy groups -OCH3 is 1. The summed E-state index contributed by atoms with van der Waals surface area (Å²) in [5.41, 5.74) is 6.19. The molecule has 0 aliphatic carbocycles. The van der Waals surface area contributed by atoms with Crippen LogP contribution in [0, 0.1) is 5.82 Å². The predicted molar refractivity (Wildman–Crippen MR) is 67.9 cm³/mol. The van der Waals surface area contributed by atoms with Crippen LogP contribution in [0.15, 0.2) is 18.2 Å². The lowest BCUT2D eigenvalue weighted by molar-refractivity contribution is -0.120. The second-order valence-corrected chi connectivity index (χ2v) is 4.26. The second kappa shape index (κ2) is 6.96. The first-order valence-corrected chi connectivity index (χ1v) is 5.87. The number of carbonyl (C=O) groups excluding carboxylic acids is 1. The Morgan fingerprint density at radius 3 is 2.83 bits per heavy atom. The predicted octanol–water partition coefficient (Wildman–Crippen LogP) is 1.23. The summed E-state index contributed by atoms with van der Waals surface area (Å²) in [6.45, 7) is 2.42. The minimum atomic E-state index is -0.460. The first-order valence-electron chi connectivity index (χ1n) is 5.87. The maximum atomic E-state index is 13.4. The SMILES string of the molecule is COc1ccc(CC(=O)NCCC(C)N)cc1F. The smallest absolute Gasteiger partial charge is 0.224 e. The number of nitrogens with one attached hydrogen (secondary N) is 1. The molecule has 0 saturated carbocycles. The summed E-state index contributed by atoms with van der Waals surface area (Å²) in [5.74, 6) is -0.422. The van der Waals surface area contributed by atoms with Gasteiger partial charge in [-0.3, -0.25) is 4.79 Å². The van der Waals surface area contributed by atoms with Crippen LogP contribution in [0.25, 0.3) is 0 Å². The molecule has 0 bridgehead atoms. The number of hydrogen-bond acceptors (Lipinski definition) is 3. The van der Waals surface area contributed by atoms with Gasteiger partial charge in [0.05, 0.1) is 13.5 Å². The molecule has 1 amide bonds.